The summed E-state index contributed by atoms with van der Waals surface area (Å²) in [5.41, 5.74) is 0.889. The molecule has 0 spiro atoms. The van der Waals surface area contributed by atoms with Crippen molar-refractivity contribution in [2.75, 3.05) is 26.8 Å². The molecule has 1 saturated heterocycles. The highest BCUT2D eigenvalue weighted by Crippen LogP contribution is 2.25. The van der Waals surface area contributed by atoms with Crippen LogP contribution >= 0.6 is 0 Å². The van der Waals surface area contributed by atoms with Gasteiger partial charge in [0.1, 0.15) is 0 Å². The van der Waals surface area contributed by atoms with Crippen LogP contribution in [0.4, 0.5) is 0 Å². The topological polar surface area (TPSA) is 49.8 Å². The minimum absolute atomic E-state index is 0.0224. The second kappa shape index (κ2) is 6.68. The summed E-state index contributed by atoms with van der Waals surface area (Å²) in [5.74, 6) is 0.441. The van der Waals surface area contributed by atoms with E-state index in [1.165, 1.54) is 0 Å². The van der Waals surface area contributed by atoms with Gasteiger partial charge in [0.05, 0.1) is 0 Å². The summed E-state index contributed by atoms with van der Waals surface area (Å²) < 4.78 is 5.37. The molecular formula is C15H21NO3. The van der Waals surface area contributed by atoms with Crippen molar-refractivity contribution in [1.82, 2.24) is 4.90 Å². The molecule has 0 aromatic heterocycles. The molecular weight excluding hydrogens is 242 g/mol. The lowest BCUT2D eigenvalue weighted by molar-refractivity contribution is -0.141. The number of hydrogen-bond acceptors (Lipinski definition) is 3. The number of methoxy groups -OCH3 is 1. The number of benzene rings is 1. The first-order valence-corrected chi connectivity index (χ1v) is 6.73. The Morgan fingerprint density at radius 2 is 2.21 bits per heavy atom. The molecule has 0 radical (unpaired) electrons. The monoisotopic (exact) mass is 263 g/mol. The summed E-state index contributed by atoms with van der Waals surface area (Å²) in [6.07, 6.45) is 1.22. The van der Waals surface area contributed by atoms with Gasteiger partial charge in [0.15, 0.2) is 6.10 Å². The van der Waals surface area contributed by atoms with E-state index in [9.17, 15) is 4.79 Å². The van der Waals surface area contributed by atoms with Crippen molar-refractivity contribution in [3.63, 3.8) is 0 Å². The van der Waals surface area contributed by atoms with Gasteiger partial charge in [-0.2, -0.15) is 0 Å². The van der Waals surface area contributed by atoms with Gasteiger partial charge in [0.25, 0.3) is 5.91 Å². The van der Waals surface area contributed by atoms with Gasteiger partial charge in [-0.3, -0.25) is 4.79 Å². The predicted molar refractivity (Wildman–Crippen MR) is 72.6 cm³/mol. The summed E-state index contributed by atoms with van der Waals surface area (Å²) in [5, 5.41) is 8.96. The number of rotatable bonds is 5. The van der Waals surface area contributed by atoms with Crippen molar-refractivity contribution >= 4 is 5.91 Å². The SMILES string of the molecule is COC(C(=O)N1CCC(CCO)C1)c1ccccc1. The molecule has 19 heavy (non-hydrogen) atoms. The predicted octanol–water partition coefficient (Wildman–Crippen LogP) is 1.61. The zero-order valence-corrected chi connectivity index (χ0v) is 11.3. The van der Waals surface area contributed by atoms with E-state index in [4.69, 9.17) is 9.84 Å². The standard InChI is InChI=1S/C15H21NO3/c1-19-14(13-5-3-2-4-6-13)15(18)16-9-7-12(11-16)8-10-17/h2-6,12,14,17H,7-11H2,1H3. The lowest BCUT2D eigenvalue weighted by Gasteiger charge is -2.23. The summed E-state index contributed by atoms with van der Waals surface area (Å²) >= 11 is 0. The van der Waals surface area contributed by atoms with Crippen molar-refractivity contribution in [2.24, 2.45) is 5.92 Å². The molecule has 2 rings (SSSR count). The molecule has 1 aromatic rings. The Labute approximate surface area is 114 Å². The molecule has 4 nitrogen and oxygen atoms in total. The van der Waals surface area contributed by atoms with Gasteiger partial charge in [-0.15, -0.1) is 0 Å². The maximum atomic E-state index is 12.5. The zero-order chi connectivity index (χ0) is 13.7. The largest absolute Gasteiger partial charge is 0.396 e. The number of hydrogen-bond donors (Lipinski definition) is 1. The third kappa shape index (κ3) is 3.33. The number of likely N-dealkylation sites (tertiary alicyclic amines) is 1. The van der Waals surface area contributed by atoms with Crippen LogP contribution in [0.3, 0.4) is 0 Å². The van der Waals surface area contributed by atoms with E-state index in [2.05, 4.69) is 0 Å². The number of aliphatic hydroxyl groups excluding tert-OH is 1. The Hall–Kier alpha value is -1.39. The smallest absolute Gasteiger partial charge is 0.256 e. The average Bonchev–Trinajstić information content (AvgIpc) is 2.90. The number of amides is 1. The molecule has 1 N–H and O–H groups in total. The van der Waals surface area contributed by atoms with E-state index in [1.54, 1.807) is 7.11 Å². The van der Waals surface area contributed by atoms with Gasteiger partial charge in [-0.1, -0.05) is 30.3 Å². The first kappa shape index (κ1) is 14.0. The van der Waals surface area contributed by atoms with Crippen LogP contribution in [0.5, 0.6) is 0 Å². The molecule has 0 aliphatic carbocycles. The normalized spacial score (nSPS) is 20.5. The number of carbonyl (C=O) groups excluding carboxylic acids is 1. The van der Waals surface area contributed by atoms with E-state index in [-0.39, 0.29) is 12.5 Å². The summed E-state index contributed by atoms with van der Waals surface area (Å²) in [6, 6.07) is 9.56. The van der Waals surface area contributed by atoms with E-state index < -0.39 is 6.10 Å². The third-order valence-electron chi connectivity index (χ3n) is 3.70. The molecule has 104 valence electrons. The molecule has 1 fully saturated rings. The fourth-order valence-electron chi connectivity index (χ4n) is 2.62. The molecule has 1 heterocycles. The fraction of sp³-hybridized carbons (Fsp3) is 0.533. The Kier molecular flexibility index (Phi) is 4.93. The Balaban J connectivity index is 2.02. The van der Waals surface area contributed by atoms with E-state index in [1.807, 2.05) is 35.2 Å². The highest BCUT2D eigenvalue weighted by atomic mass is 16.5. The van der Waals surface area contributed by atoms with Crippen molar-refractivity contribution < 1.29 is 14.6 Å². The lowest BCUT2D eigenvalue weighted by atomic mass is 10.1. The quantitative estimate of drug-likeness (QED) is 0.878. The van der Waals surface area contributed by atoms with Crippen LogP contribution < -0.4 is 0 Å². The minimum Gasteiger partial charge on any atom is -0.396 e. The van der Waals surface area contributed by atoms with E-state index in [0.29, 0.717) is 5.92 Å². The van der Waals surface area contributed by atoms with Crippen molar-refractivity contribution in [2.45, 2.75) is 18.9 Å². The molecule has 1 aliphatic heterocycles. The molecule has 1 aliphatic rings. The van der Waals surface area contributed by atoms with Crippen molar-refractivity contribution in [3.8, 4) is 0 Å². The highest BCUT2D eigenvalue weighted by molar-refractivity contribution is 5.82. The molecule has 2 atom stereocenters. The summed E-state index contributed by atoms with van der Waals surface area (Å²) in [4.78, 5) is 14.3. The van der Waals surface area contributed by atoms with E-state index >= 15 is 0 Å². The molecule has 4 heteroatoms. The summed E-state index contributed by atoms with van der Waals surface area (Å²) in [6.45, 7) is 1.68. The minimum atomic E-state index is -0.519. The van der Waals surface area contributed by atoms with Crippen molar-refractivity contribution in [3.05, 3.63) is 35.9 Å². The van der Waals surface area contributed by atoms with Gasteiger partial charge >= 0.3 is 0 Å². The molecule has 0 bridgehead atoms. The van der Waals surface area contributed by atoms with Crippen LogP contribution in [0.25, 0.3) is 0 Å². The number of aliphatic hydroxyl groups is 1. The number of nitrogens with zero attached hydrogens (tertiary/aromatic N) is 1. The molecule has 1 amide bonds. The van der Waals surface area contributed by atoms with Crippen LogP contribution in [0.15, 0.2) is 30.3 Å². The molecule has 2 unspecified atom stereocenters. The Morgan fingerprint density at radius 3 is 2.84 bits per heavy atom. The van der Waals surface area contributed by atoms with Gasteiger partial charge in [0, 0.05) is 26.8 Å². The average molecular weight is 263 g/mol. The Bertz CT molecular complexity index is 407. The second-order valence-electron chi connectivity index (χ2n) is 4.98. The van der Waals surface area contributed by atoms with Crippen LogP contribution in [-0.2, 0) is 9.53 Å². The molecule has 1 aromatic carbocycles. The van der Waals surface area contributed by atoms with Crippen LogP contribution in [0.2, 0.25) is 0 Å². The van der Waals surface area contributed by atoms with Crippen LogP contribution in [0.1, 0.15) is 24.5 Å². The van der Waals surface area contributed by atoms with Gasteiger partial charge < -0.3 is 14.7 Å². The second-order valence-corrected chi connectivity index (χ2v) is 4.98. The lowest BCUT2D eigenvalue weighted by Crippen LogP contribution is -2.34. The third-order valence-corrected chi connectivity index (χ3v) is 3.70. The molecule has 0 saturated carbocycles. The van der Waals surface area contributed by atoms with Gasteiger partial charge in [0.2, 0.25) is 0 Å². The number of carbonyl (C=O) groups is 1. The zero-order valence-electron chi connectivity index (χ0n) is 11.3. The van der Waals surface area contributed by atoms with Crippen LogP contribution in [-0.4, -0.2) is 42.7 Å². The highest BCUT2D eigenvalue weighted by Gasteiger charge is 2.31. The fourth-order valence-corrected chi connectivity index (χ4v) is 2.62. The summed E-state index contributed by atoms with van der Waals surface area (Å²) in [7, 11) is 1.57. The van der Waals surface area contributed by atoms with E-state index in [0.717, 1.165) is 31.5 Å². The van der Waals surface area contributed by atoms with Gasteiger partial charge in [-0.05, 0) is 24.3 Å². The van der Waals surface area contributed by atoms with Crippen molar-refractivity contribution in [1.29, 1.82) is 0 Å². The maximum absolute atomic E-state index is 12.5. The Morgan fingerprint density at radius 1 is 1.47 bits per heavy atom. The van der Waals surface area contributed by atoms with Crippen LogP contribution in [0, 0.1) is 5.92 Å². The first-order valence-electron chi connectivity index (χ1n) is 6.73. The maximum Gasteiger partial charge on any atom is 0.256 e. The number of ether oxygens (including phenoxy) is 1. The first-order chi connectivity index (χ1) is 9.26. The van der Waals surface area contributed by atoms with Gasteiger partial charge in [-0.25, -0.2) is 0 Å².